The zero-order valence-electron chi connectivity index (χ0n) is 11.9. The van der Waals surface area contributed by atoms with Crippen molar-refractivity contribution in [2.75, 3.05) is 7.11 Å². The SMILES string of the molecule is COc1ccccc1/C=C(\F)c1nnc(-c2ccccc2)o1. The molecule has 0 saturated heterocycles. The topological polar surface area (TPSA) is 48.2 Å². The summed E-state index contributed by atoms with van der Waals surface area (Å²) in [7, 11) is 1.53. The first-order chi connectivity index (χ1) is 10.8. The van der Waals surface area contributed by atoms with Crippen molar-refractivity contribution in [2.45, 2.75) is 0 Å². The molecule has 0 aliphatic heterocycles. The Kier molecular flexibility index (Phi) is 3.96. The van der Waals surface area contributed by atoms with Crippen molar-refractivity contribution < 1.29 is 13.5 Å². The van der Waals surface area contributed by atoms with E-state index in [1.807, 2.05) is 36.4 Å². The second-order valence-electron chi connectivity index (χ2n) is 4.51. The van der Waals surface area contributed by atoms with Crippen molar-refractivity contribution in [1.82, 2.24) is 10.2 Å². The van der Waals surface area contributed by atoms with Crippen molar-refractivity contribution in [3.8, 4) is 17.2 Å². The van der Waals surface area contributed by atoms with Crippen LogP contribution >= 0.6 is 0 Å². The fraction of sp³-hybridized carbons (Fsp3) is 0.0588. The first kappa shape index (κ1) is 14.0. The van der Waals surface area contributed by atoms with Crippen LogP contribution in [0.5, 0.6) is 5.75 Å². The molecule has 0 atom stereocenters. The second kappa shape index (κ2) is 6.22. The highest BCUT2D eigenvalue weighted by Gasteiger charge is 2.13. The Labute approximate surface area is 126 Å². The molecule has 0 fully saturated rings. The lowest BCUT2D eigenvalue weighted by atomic mass is 10.2. The Hall–Kier alpha value is -2.95. The molecule has 0 radical (unpaired) electrons. The van der Waals surface area contributed by atoms with Crippen LogP contribution < -0.4 is 4.74 Å². The fourth-order valence-corrected chi connectivity index (χ4v) is 2.00. The molecule has 0 aliphatic carbocycles. The van der Waals surface area contributed by atoms with Gasteiger partial charge in [-0.25, -0.2) is 4.39 Å². The van der Waals surface area contributed by atoms with Gasteiger partial charge >= 0.3 is 0 Å². The van der Waals surface area contributed by atoms with Gasteiger partial charge in [0.25, 0.3) is 5.89 Å². The zero-order valence-corrected chi connectivity index (χ0v) is 11.9. The molecule has 0 bridgehead atoms. The van der Waals surface area contributed by atoms with E-state index in [1.165, 1.54) is 13.2 Å². The van der Waals surface area contributed by atoms with E-state index in [0.29, 0.717) is 11.3 Å². The van der Waals surface area contributed by atoms with Gasteiger partial charge < -0.3 is 9.15 Å². The molecule has 110 valence electrons. The van der Waals surface area contributed by atoms with Crippen molar-refractivity contribution in [1.29, 1.82) is 0 Å². The van der Waals surface area contributed by atoms with Crippen LogP contribution in [0.25, 0.3) is 23.4 Å². The van der Waals surface area contributed by atoms with Gasteiger partial charge in [0.1, 0.15) is 5.75 Å². The standard InChI is InChI=1S/C17H13FN2O2/c1-21-15-10-6-5-9-13(15)11-14(18)17-20-19-16(22-17)12-7-3-2-4-8-12/h2-11H,1H3/b14-11-. The Morgan fingerprint density at radius 1 is 1.05 bits per heavy atom. The minimum Gasteiger partial charge on any atom is -0.496 e. The van der Waals surface area contributed by atoms with Crippen LogP contribution in [-0.2, 0) is 0 Å². The van der Waals surface area contributed by atoms with Gasteiger partial charge in [0, 0.05) is 11.1 Å². The van der Waals surface area contributed by atoms with E-state index in [0.717, 1.165) is 5.56 Å². The molecule has 0 aliphatic rings. The van der Waals surface area contributed by atoms with Gasteiger partial charge in [-0.15, -0.1) is 10.2 Å². The largest absolute Gasteiger partial charge is 0.496 e. The highest BCUT2D eigenvalue weighted by molar-refractivity contribution is 5.75. The van der Waals surface area contributed by atoms with Gasteiger partial charge in [0.05, 0.1) is 7.11 Å². The van der Waals surface area contributed by atoms with Crippen LogP contribution in [-0.4, -0.2) is 17.3 Å². The average Bonchev–Trinajstić information content (AvgIpc) is 3.06. The van der Waals surface area contributed by atoms with Crippen LogP contribution in [0.15, 0.2) is 59.0 Å². The molecule has 1 heterocycles. The van der Waals surface area contributed by atoms with Gasteiger partial charge in [0.2, 0.25) is 5.89 Å². The van der Waals surface area contributed by atoms with Gasteiger partial charge in [-0.05, 0) is 24.3 Å². The smallest absolute Gasteiger partial charge is 0.276 e. The fourth-order valence-electron chi connectivity index (χ4n) is 2.00. The van der Waals surface area contributed by atoms with Gasteiger partial charge in [0.15, 0.2) is 5.83 Å². The molecule has 0 spiro atoms. The van der Waals surface area contributed by atoms with E-state index in [2.05, 4.69) is 10.2 Å². The van der Waals surface area contributed by atoms with Crippen molar-refractivity contribution in [2.24, 2.45) is 0 Å². The number of rotatable bonds is 4. The number of ether oxygens (including phenoxy) is 1. The maximum atomic E-state index is 14.3. The summed E-state index contributed by atoms with van der Waals surface area (Å²) >= 11 is 0. The molecule has 0 amide bonds. The number of methoxy groups -OCH3 is 1. The summed E-state index contributed by atoms with van der Waals surface area (Å²) in [5.74, 6) is 0.0727. The van der Waals surface area contributed by atoms with E-state index < -0.39 is 5.83 Å². The van der Waals surface area contributed by atoms with Gasteiger partial charge in [-0.2, -0.15) is 0 Å². The molecule has 0 saturated carbocycles. The predicted molar refractivity (Wildman–Crippen MR) is 81.7 cm³/mol. The van der Waals surface area contributed by atoms with Crippen LogP contribution in [0.2, 0.25) is 0 Å². The van der Waals surface area contributed by atoms with Crippen LogP contribution in [0.4, 0.5) is 4.39 Å². The molecule has 5 heteroatoms. The maximum Gasteiger partial charge on any atom is 0.276 e. The molecule has 2 aromatic carbocycles. The van der Waals surface area contributed by atoms with E-state index in [1.54, 1.807) is 18.2 Å². The molecular formula is C17H13FN2O2. The van der Waals surface area contributed by atoms with Crippen molar-refractivity contribution >= 4 is 11.9 Å². The number of nitrogens with zero attached hydrogens (tertiary/aromatic N) is 2. The summed E-state index contributed by atoms with van der Waals surface area (Å²) in [6.45, 7) is 0. The normalized spacial score (nSPS) is 11.5. The third-order valence-electron chi connectivity index (χ3n) is 3.07. The Morgan fingerprint density at radius 2 is 1.77 bits per heavy atom. The lowest BCUT2D eigenvalue weighted by Gasteiger charge is -2.03. The van der Waals surface area contributed by atoms with E-state index in [9.17, 15) is 4.39 Å². The summed E-state index contributed by atoms with van der Waals surface area (Å²) < 4.78 is 24.8. The van der Waals surface area contributed by atoms with Crippen LogP contribution in [0.1, 0.15) is 11.5 Å². The highest BCUT2D eigenvalue weighted by Crippen LogP contribution is 2.26. The highest BCUT2D eigenvalue weighted by atomic mass is 19.1. The summed E-state index contributed by atoms with van der Waals surface area (Å²) in [6, 6.07) is 16.3. The van der Waals surface area contributed by atoms with Crippen LogP contribution in [0.3, 0.4) is 0 Å². The minimum absolute atomic E-state index is 0.162. The monoisotopic (exact) mass is 296 g/mol. The predicted octanol–water partition coefficient (Wildman–Crippen LogP) is 4.21. The lowest BCUT2D eigenvalue weighted by molar-refractivity contribution is 0.414. The summed E-state index contributed by atoms with van der Waals surface area (Å²) in [6.07, 6.45) is 1.31. The third kappa shape index (κ3) is 2.88. The number of benzene rings is 2. The lowest BCUT2D eigenvalue weighted by Crippen LogP contribution is -1.86. The maximum absolute atomic E-state index is 14.3. The second-order valence-corrected chi connectivity index (χ2v) is 4.51. The number of halogens is 1. The van der Waals surface area contributed by atoms with E-state index >= 15 is 0 Å². The molecule has 1 aromatic heterocycles. The average molecular weight is 296 g/mol. The number of hydrogen-bond donors (Lipinski definition) is 0. The Morgan fingerprint density at radius 3 is 2.55 bits per heavy atom. The molecule has 3 rings (SSSR count). The third-order valence-corrected chi connectivity index (χ3v) is 3.07. The number of aromatic nitrogens is 2. The molecule has 3 aromatic rings. The summed E-state index contributed by atoms with van der Waals surface area (Å²) in [5.41, 5.74) is 1.34. The Balaban J connectivity index is 1.91. The van der Waals surface area contributed by atoms with E-state index in [4.69, 9.17) is 9.15 Å². The number of hydrogen-bond acceptors (Lipinski definition) is 4. The molecule has 22 heavy (non-hydrogen) atoms. The first-order valence-corrected chi connectivity index (χ1v) is 6.67. The van der Waals surface area contributed by atoms with Gasteiger partial charge in [-0.1, -0.05) is 36.4 Å². The minimum atomic E-state index is -0.612. The van der Waals surface area contributed by atoms with Crippen LogP contribution in [0, 0.1) is 0 Å². The Bertz CT molecular complexity index is 797. The quantitative estimate of drug-likeness (QED) is 0.723. The summed E-state index contributed by atoms with van der Waals surface area (Å²) in [4.78, 5) is 0. The summed E-state index contributed by atoms with van der Waals surface area (Å²) in [5, 5.41) is 7.61. The first-order valence-electron chi connectivity index (χ1n) is 6.67. The number of para-hydroxylation sites is 1. The zero-order chi connectivity index (χ0) is 15.4. The molecule has 4 nitrogen and oxygen atoms in total. The van der Waals surface area contributed by atoms with E-state index in [-0.39, 0.29) is 11.8 Å². The van der Waals surface area contributed by atoms with Gasteiger partial charge in [-0.3, -0.25) is 0 Å². The van der Waals surface area contributed by atoms with Crippen molar-refractivity contribution in [3.63, 3.8) is 0 Å². The molecular weight excluding hydrogens is 283 g/mol. The molecule has 0 unspecified atom stereocenters. The molecule has 0 N–H and O–H groups in total. The van der Waals surface area contributed by atoms with Crippen molar-refractivity contribution in [3.05, 3.63) is 66.1 Å².